The third-order valence-corrected chi connectivity index (χ3v) is 6.18. The molecule has 0 amide bonds. The normalized spacial score (nSPS) is 9.59. The Morgan fingerprint density at radius 1 is 0.653 bits per heavy atom. The number of hydrogen-bond acceptors (Lipinski definition) is 7. The molecule has 1 heterocycles. The van der Waals surface area contributed by atoms with Crippen LogP contribution in [0.5, 0.6) is 11.5 Å². The van der Waals surface area contributed by atoms with Gasteiger partial charge in [0.15, 0.2) is 0 Å². The topological polar surface area (TPSA) is 83.1 Å². The maximum atomic E-state index is 9.67. The first-order valence-corrected chi connectivity index (χ1v) is 15.2. The van der Waals surface area contributed by atoms with Crippen molar-refractivity contribution in [1.29, 1.82) is 0 Å². The second-order valence-electron chi connectivity index (χ2n) is 9.71. The second kappa shape index (κ2) is 37.6. The summed E-state index contributed by atoms with van der Waals surface area (Å²) in [5, 5.41) is 16.2. The minimum absolute atomic E-state index is 0. The summed E-state index contributed by atoms with van der Waals surface area (Å²) in [6.07, 6.45) is 16.6. The quantitative estimate of drug-likeness (QED) is 0.0720. The number of aromatic nitrogens is 3. The van der Waals surface area contributed by atoms with Gasteiger partial charge in [-0.2, -0.15) is 10.2 Å². The van der Waals surface area contributed by atoms with Gasteiger partial charge in [-0.05, 0) is 55.0 Å². The number of nitrogens with zero attached hydrogens (tertiary/aromatic N) is 5. The zero-order valence-corrected chi connectivity index (χ0v) is 28.5. The number of benzene rings is 2. The number of ether oxygens (including phenoxy) is 3. The van der Waals surface area contributed by atoms with Gasteiger partial charge in [0.2, 0.25) is 0 Å². The maximum Gasteiger partial charge on any atom is 0.762 e. The van der Waals surface area contributed by atoms with Crippen LogP contribution in [0.25, 0.3) is 0 Å². The molecule has 0 bridgehead atoms. The van der Waals surface area contributed by atoms with Crippen LogP contribution in [0.2, 0.25) is 0 Å². The van der Waals surface area contributed by atoms with E-state index in [2.05, 4.69) is 27.3 Å². The summed E-state index contributed by atoms with van der Waals surface area (Å²) in [5.74, 6) is 1.65. The summed E-state index contributed by atoms with van der Waals surface area (Å²) >= 11 is 0. The van der Waals surface area contributed by atoms with Gasteiger partial charge in [-0.15, -0.1) is 10.2 Å². The molecule has 3 aromatic rings. The molecule has 0 aliphatic carbocycles. The fourth-order valence-electron chi connectivity index (χ4n) is 3.94. The third-order valence-electron chi connectivity index (χ3n) is 6.18. The molecule has 0 fully saturated rings. The van der Waals surface area contributed by atoms with Crippen LogP contribution in [-0.4, -0.2) is 56.6 Å². The number of azo groups is 1. The zero-order valence-electron chi connectivity index (χ0n) is 27.4. The fourth-order valence-corrected chi connectivity index (χ4v) is 3.94. The standard InChI is InChI=1S/C30H43N5O3.BF3.BF2.3FH.Fe/c1-2-3-4-5-6-7-8-9-10-11-21-37-29-16-12-27(13-17-29)33-34-28-14-18-30(19-15-28)38-24-23-36-22-20-35-25-31-32-26-35;2-1(3)4;2-1-3;;;;/h12-19,25-26H,2-11,20-24H2,1H3;;;3*1H;/p-2. The van der Waals surface area contributed by atoms with Crippen LogP contribution in [-0.2, 0) is 28.4 Å². The van der Waals surface area contributed by atoms with Crippen LogP contribution in [0.1, 0.15) is 71.1 Å². The van der Waals surface area contributed by atoms with Crippen molar-refractivity contribution in [3.63, 3.8) is 0 Å². The third kappa shape index (κ3) is 31.8. The van der Waals surface area contributed by atoms with E-state index in [1.54, 1.807) is 12.7 Å². The largest absolute Gasteiger partial charge is 1.00 e. The van der Waals surface area contributed by atoms with Gasteiger partial charge in [0, 0.05) is 23.6 Å². The van der Waals surface area contributed by atoms with E-state index in [1.165, 1.54) is 57.8 Å². The van der Waals surface area contributed by atoms with E-state index in [0.29, 0.717) is 19.8 Å². The van der Waals surface area contributed by atoms with Crippen molar-refractivity contribution < 1.29 is 67.0 Å². The van der Waals surface area contributed by atoms with E-state index in [-0.39, 0.29) is 31.2 Å². The van der Waals surface area contributed by atoms with Gasteiger partial charge in [-0.25, -0.2) is 0 Å². The summed E-state index contributed by atoms with van der Waals surface area (Å²) in [6, 6.07) is 15.3. The molecule has 0 aliphatic heterocycles. The minimum Gasteiger partial charge on any atom is -1.00 e. The molecule has 0 saturated heterocycles. The molecule has 2 aromatic carbocycles. The predicted molar refractivity (Wildman–Crippen MR) is 170 cm³/mol. The van der Waals surface area contributed by atoms with Crippen LogP contribution in [0.4, 0.5) is 37.7 Å². The van der Waals surface area contributed by atoms with E-state index in [4.69, 9.17) is 14.2 Å². The summed E-state index contributed by atoms with van der Waals surface area (Å²) in [7, 11) is -4.67. The van der Waals surface area contributed by atoms with E-state index in [0.717, 1.165) is 42.4 Å². The Morgan fingerprint density at radius 2 is 1.04 bits per heavy atom. The van der Waals surface area contributed by atoms with Crippen molar-refractivity contribution in [3.8, 4) is 11.5 Å². The van der Waals surface area contributed by atoms with Gasteiger partial charge in [0.05, 0.1) is 31.2 Å². The molecule has 49 heavy (non-hydrogen) atoms. The molecular weight excluding hydrogens is 708 g/mol. The summed E-state index contributed by atoms with van der Waals surface area (Å²) < 4.78 is 67.0. The second-order valence-corrected chi connectivity index (χ2v) is 9.71. The van der Waals surface area contributed by atoms with Crippen LogP contribution >= 0.6 is 0 Å². The van der Waals surface area contributed by atoms with Gasteiger partial charge in [0.1, 0.15) is 30.8 Å². The Kier molecular flexibility index (Phi) is 40.4. The van der Waals surface area contributed by atoms with Crippen molar-refractivity contribution >= 4 is 26.8 Å². The first-order chi connectivity index (χ1) is 22.0. The zero-order chi connectivity index (χ0) is 32.8. The summed E-state index contributed by atoms with van der Waals surface area (Å²) in [6.45, 7) is 5.35. The molecule has 0 aliphatic rings. The summed E-state index contributed by atoms with van der Waals surface area (Å²) in [4.78, 5) is 0. The minimum atomic E-state index is -3.67. The van der Waals surface area contributed by atoms with E-state index < -0.39 is 15.4 Å². The Balaban J connectivity index is -0.000000843. The SMILES string of the molecule is CCCCCCCCCCCCOc1ccc(N=Nc2ccc(OCCOCCn3cnnc3)cc2)cc1.F.FB(F)F.F[B]F.[F-].[F-].[Fe]. The van der Waals surface area contributed by atoms with Crippen molar-refractivity contribution in [2.45, 2.75) is 77.7 Å². The van der Waals surface area contributed by atoms with E-state index >= 15 is 0 Å². The number of hydrogen-bond donors (Lipinski definition) is 0. The molecule has 1 radical (unpaired) electrons. The smallest absolute Gasteiger partial charge is 0.762 e. The molecule has 1 aromatic heterocycles. The molecule has 3 rings (SSSR count). The molecule has 19 heteroatoms. The van der Waals surface area contributed by atoms with Crippen LogP contribution in [0.15, 0.2) is 71.4 Å². The molecule has 0 unspecified atom stereocenters. The first-order valence-electron chi connectivity index (χ1n) is 15.2. The molecule has 0 N–H and O–H groups in total. The fraction of sp³-hybridized carbons (Fsp3) is 0.533. The van der Waals surface area contributed by atoms with E-state index in [1.807, 2.05) is 53.1 Å². The molecule has 0 spiro atoms. The summed E-state index contributed by atoms with van der Waals surface area (Å²) in [5.41, 5.74) is 1.56. The van der Waals surface area contributed by atoms with Crippen molar-refractivity contribution in [2.24, 2.45) is 10.2 Å². The van der Waals surface area contributed by atoms with Gasteiger partial charge < -0.3 is 28.2 Å². The van der Waals surface area contributed by atoms with Crippen LogP contribution < -0.4 is 18.9 Å². The number of unbranched alkanes of at least 4 members (excludes halogenated alkanes) is 9. The maximum absolute atomic E-state index is 9.67. The molecular formula is C30H44B2F8FeN5O3-2. The predicted octanol–water partition coefficient (Wildman–Crippen LogP) is 3.59. The number of rotatable bonds is 21. The average molecular weight is 752 g/mol. The molecule has 8 nitrogen and oxygen atoms in total. The van der Waals surface area contributed by atoms with Crippen LogP contribution in [0, 0.1) is 0 Å². The molecule has 0 saturated carbocycles. The van der Waals surface area contributed by atoms with Crippen molar-refractivity contribution in [1.82, 2.24) is 14.8 Å². The van der Waals surface area contributed by atoms with Crippen molar-refractivity contribution in [3.05, 3.63) is 61.2 Å². The van der Waals surface area contributed by atoms with Gasteiger partial charge in [0.25, 0.3) is 0 Å². The first kappa shape index (κ1) is 52.6. The van der Waals surface area contributed by atoms with Gasteiger partial charge in [-0.1, -0.05) is 64.7 Å². The van der Waals surface area contributed by atoms with Gasteiger partial charge in [-0.3, -0.25) is 26.3 Å². The monoisotopic (exact) mass is 752 g/mol. The Bertz CT molecular complexity index is 1100. The van der Waals surface area contributed by atoms with Crippen molar-refractivity contribution in [2.75, 3.05) is 26.4 Å². The Labute approximate surface area is 295 Å². The molecule has 0 atom stereocenters. The van der Waals surface area contributed by atoms with Crippen LogP contribution in [0.3, 0.4) is 0 Å². The Hall–Kier alpha value is -3.17. The van der Waals surface area contributed by atoms with E-state index in [9.17, 15) is 21.6 Å². The number of halogens is 8. The Morgan fingerprint density at radius 3 is 1.47 bits per heavy atom. The average Bonchev–Trinajstić information content (AvgIpc) is 3.55. The molecule has 279 valence electrons. The van der Waals surface area contributed by atoms with Gasteiger partial charge >= 0.3 is 15.4 Å².